The number of fused-ring (bicyclic) bond motifs is 6. The molecule has 214 valence electrons. The molecule has 6 aromatic rings. The molecule has 9 heteroatoms. The summed E-state index contributed by atoms with van der Waals surface area (Å²) in [5.74, 6) is 1.74. The second-order valence-electron chi connectivity index (χ2n) is 11.5. The fourth-order valence-electron chi connectivity index (χ4n) is 5.23. The molecule has 0 aliphatic heterocycles. The van der Waals surface area contributed by atoms with Crippen LogP contribution in [0.3, 0.4) is 0 Å². The Bertz CT molecular complexity index is 1830. The summed E-state index contributed by atoms with van der Waals surface area (Å²) in [4.78, 5) is 18.2. The number of hydrogen-bond donors (Lipinski definition) is 2. The molecule has 41 heavy (non-hydrogen) atoms. The number of benzene rings is 2. The minimum Gasteiger partial charge on any atom is -0.389 e. The van der Waals surface area contributed by atoms with E-state index < -0.39 is 5.60 Å². The fraction of sp³-hybridized carbons (Fsp3) is 0.375. The summed E-state index contributed by atoms with van der Waals surface area (Å²) >= 11 is 0. The molecule has 2 aromatic carbocycles. The third-order valence-corrected chi connectivity index (χ3v) is 6.86. The first-order valence-corrected chi connectivity index (χ1v) is 14.1. The predicted octanol–water partition coefficient (Wildman–Crippen LogP) is 6.02. The molecule has 0 atom stereocenters. The van der Waals surface area contributed by atoms with Crippen LogP contribution in [0.1, 0.15) is 46.1 Å². The van der Waals surface area contributed by atoms with Crippen LogP contribution in [-0.2, 0) is 24.4 Å². The van der Waals surface area contributed by atoms with Crippen molar-refractivity contribution in [3.05, 3.63) is 66.4 Å². The summed E-state index contributed by atoms with van der Waals surface area (Å²) in [7, 11) is 0. The van der Waals surface area contributed by atoms with Crippen molar-refractivity contribution in [2.45, 2.75) is 66.8 Å². The zero-order chi connectivity index (χ0) is 29.3. The van der Waals surface area contributed by atoms with Gasteiger partial charge in [0.2, 0.25) is 0 Å². The molecular weight excluding hydrogens is 514 g/mol. The van der Waals surface area contributed by atoms with E-state index in [0.717, 1.165) is 45.5 Å². The van der Waals surface area contributed by atoms with E-state index in [1.807, 2.05) is 55.1 Å². The number of aromatic nitrogens is 6. The molecule has 0 amide bonds. The molecule has 0 radical (unpaired) electrons. The molecule has 0 aliphatic carbocycles. The topological polar surface area (TPSA) is 117 Å². The highest BCUT2D eigenvalue weighted by atomic mass is 16.5. The summed E-state index contributed by atoms with van der Waals surface area (Å²) in [6.45, 7) is 14.3. The summed E-state index contributed by atoms with van der Waals surface area (Å²) in [5.41, 5.74) is 11.9. The van der Waals surface area contributed by atoms with Gasteiger partial charge in [0.05, 0.1) is 46.2 Å². The Kier molecular flexibility index (Phi) is 7.93. The standard InChI is InChI=1S/C17H22N4O2.C15H17N3/c1-4-23-9-13-20-14-15(21(13)10-17(2,3)22)11-7-5-6-8-12(11)19-16(14)18;1-10(2)8-18-9-16-14-11(3)17-13-7-5-4-6-12(13)15(14)18/h5-8,22H,4,9-10H2,1-3H3,(H2,18,19);4-7,9-10H,8H2,1-3H3. The second-order valence-corrected chi connectivity index (χ2v) is 11.5. The fourth-order valence-corrected chi connectivity index (χ4v) is 5.23. The summed E-state index contributed by atoms with van der Waals surface area (Å²) < 4.78 is 9.77. The Labute approximate surface area is 240 Å². The number of hydrogen-bond acceptors (Lipinski definition) is 7. The van der Waals surface area contributed by atoms with Gasteiger partial charge in [-0.1, -0.05) is 50.2 Å². The van der Waals surface area contributed by atoms with Gasteiger partial charge < -0.3 is 24.7 Å². The van der Waals surface area contributed by atoms with Gasteiger partial charge in [-0.05, 0) is 45.7 Å². The largest absolute Gasteiger partial charge is 0.389 e. The molecule has 0 bridgehead atoms. The third-order valence-electron chi connectivity index (χ3n) is 6.86. The number of ether oxygens (including phenoxy) is 1. The average Bonchev–Trinajstić information content (AvgIpc) is 3.49. The number of para-hydroxylation sites is 2. The van der Waals surface area contributed by atoms with Crippen molar-refractivity contribution in [1.29, 1.82) is 0 Å². The van der Waals surface area contributed by atoms with Gasteiger partial charge in [0, 0.05) is 23.9 Å². The number of pyridine rings is 2. The summed E-state index contributed by atoms with van der Waals surface area (Å²) in [6, 6.07) is 16.1. The number of imidazole rings is 2. The van der Waals surface area contributed by atoms with Crippen molar-refractivity contribution in [2.75, 3.05) is 12.3 Å². The van der Waals surface area contributed by atoms with Gasteiger partial charge in [0.1, 0.15) is 23.5 Å². The zero-order valence-corrected chi connectivity index (χ0v) is 24.7. The highest BCUT2D eigenvalue weighted by molar-refractivity contribution is 6.06. The van der Waals surface area contributed by atoms with Crippen LogP contribution in [0, 0.1) is 12.8 Å². The van der Waals surface area contributed by atoms with Crippen molar-refractivity contribution >= 4 is 49.7 Å². The summed E-state index contributed by atoms with van der Waals surface area (Å²) in [6.07, 6.45) is 1.94. The Balaban J connectivity index is 0.000000169. The molecule has 0 saturated carbocycles. The van der Waals surface area contributed by atoms with E-state index in [1.54, 1.807) is 13.8 Å². The number of nitrogens with zero attached hydrogens (tertiary/aromatic N) is 6. The van der Waals surface area contributed by atoms with E-state index in [4.69, 9.17) is 10.5 Å². The second kappa shape index (κ2) is 11.4. The lowest BCUT2D eigenvalue weighted by Gasteiger charge is -2.20. The van der Waals surface area contributed by atoms with Gasteiger partial charge in [-0.25, -0.2) is 15.0 Å². The van der Waals surface area contributed by atoms with Crippen molar-refractivity contribution in [3.8, 4) is 0 Å². The van der Waals surface area contributed by atoms with Crippen LogP contribution in [0.5, 0.6) is 0 Å². The molecule has 0 saturated heterocycles. The molecule has 9 nitrogen and oxygen atoms in total. The maximum atomic E-state index is 10.3. The van der Waals surface area contributed by atoms with Crippen molar-refractivity contribution in [3.63, 3.8) is 0 Å². The molecule has 6 rings (SSSR count). The number of aliphatic hydroxyl groups is 1. The molecular formula is C32H39N7O2. The monoisotopic (exact) mass is 553 g/mol. The molecule has 3 N–H and O–H groups in total. The van der Waals surface area contributed by atoms with E-state index in [-0.39, 0.29) is 0 Å². The highest BCUT2D eigenvalue weighted by Crippen LogP contribution is 2.30. The minimum absolute atomic E-state index is 0.370. The van der Waals surface area contributed by atoms with Crippen LogP contribution in [0.25, 0.3) is 43.9 Å². The minimum atomic E-state index is -0.881. The first-order valence-electron chi connectivity index (χ1n) is 14.1. The molecule has 4 aromatic heterocycles. The SMILES string of the molecule is CCOCc1nc2c(N)nc3ccccc3c2n1CC(C)(C)O.Cc1nc2ccccc2c2c1ncn2CC(C)C. The maximum absolute atomic E-state index is 10.3. The summed E-state index contributed by atoms with van der Waals surface area (Å²) in [5, 5.41) is 12.5. The normalized spacial score (nSPS) is 12.1. The lowest BCUT2D eigenvalue weighted by molar-refractivity contribution is 0.0582. The smallest absolute Gasteiger partial charge is 0.152 e. The van der Waals surface area contributed by atoms with Gasteiger partial charge in [-0.3, -0.25) is 4.98 Å². The zero-order valence-electron chi connectivity index (χ0n) is 24.7. The Morgan fingerprint density at radius 3 is 2.20 bits per heavy atom. The van der Waals surface area contributed by atoms with E-state index in [2.05, 4.69) is 56.5 Å². The van der Waals surface area contributed by atoms with Gasteiger partial charge in [0.15, 0.2) is 5.82 Å². The van der Waals surface area contributed by atoms with Gasteiger partial charge in [0.25, 0.3) is 0 Å². The van der Waals surface area contributed by atoms with Crippen molar-refractivity contribution in [2.24, 2.45) is 5.92 Å². The highest BCUT2D eigenvalue weighted by Gasteiger charge is 2.22. The number of aryl methyl sites for hydroxylation is 1. The van der Waals surface area contributed by atoms with Crippen LogP contribution in [0.15, 0.2) is 54.9 Å². The van der Waals surface area contributed by atoms with Gasteiger partial charge in [-0.15, -0.1) is 0 Å². The van der Waals surface area contributed by atoms with Crippen LogP contribution in [0.2, 0.25) is 0 Å². The average molecular weight is 554 g/mol. The van der Waals surface area contributed by atoms with E-state index in [9.17, 15) is 5.11 Å². The van der Waals surface area contributed by atoms with E-state index >= 15 is 0 Å². The Morgan fingerprint density at radius 1 is 0.927 bits per heavy atom. The molecule has 0 aliphatic rings. The first kappa shape index (κ1) is 28.4. The van der Waals surface area contributed by atoms with E-state index in [0.29, 0.717) is 37.0 Å². The Hall–Kier alpha value is -4.08. The predicted molar refractivity (Wildman–Crippen MR) is 166 cm³/mol. The number of anilines is 1. The quantitative estimate of drug-likeness (QED) is 0.248. The third kappa shape index (κ3) is 5.87. The lowest BCUT2D eigenvalue weighted by atomic mass is 10.1. The number of nitrogens with two attached hydrogens (primary N) is 1. The van der Waals surface area contributed by atoms with E-state index in [1.165, 1.54) is 10.9 Å². The molecule has 0 fully saturated rings. The number of nitrogen functional groups attached to an aromatic ring is 1. The van der Waals surface area contributed by atoms with Gasteiger partial charge >= 0.3 is 0 Å². The lowest BCUT2D eigenvalue weighted by Crippen LogP contribution is -2.27. The first-order chi connectivity index (χ1) is 19.6. The van der Waals surface area contributed by atoms with Crippen LogP contribution >= 0.6 is 0 Å². The molecule has 0 unspecified atom stereocenters. The van der Waals surface area contributed by atoms with Crippen LogP contribution in [-0.4, -0.2) is 46.4 Å². The number of rotatable bonds is 7. The van der Waals surface area contributed by atoms with Crippen molar-refractivity contribution in [1.82, 2.24) is 29.1 Å². The Morgan fingerprint density at radius 2 is 1.56 bits per heavy atom. The van der Waals surface area contributed by atoms with Crippen LogP contribution < -0.4 is 5.73 Å². The van der Waals surface area contributed by atoms with Crippen LogP contribution in [0.4, 0.5) is 5.82 Å². The maximum Gasteiger partial charge on any atom is 0.152 e. The molecule has 0 spiro atoms. The molecule has 4 heterocycles. The van der Waals surface area contributed by atoms with Crippen molar-refractivity contribution < 1.29 is 9.84 Å². The van der Waals surface area contributed by atoms with Gasteiger partial charge in [-0.2, -0.15) is 0 Å².